The summed E-state index contributed by atoms with van der Waals surface area (Å²) in [6.07, 6.45) is 23.7. The van der Waals surface area contributed by atoms with E-state index in [9.17, 15) is 9.46 Å². The number of hydrogen-bond donors (Lipinski definition) is 1. The number of likely N-dealkylation sites (N-methyl/N-ethyl adjacent to an activating group) is 1. The second-order valence-corrected chi connectivity index (χ2v) is 13.4. The van der Waals surface area contributed by atoms with Crippen molar-refractivity contribution in [2.24, 2.45) is 5.41 Å². The Morgan fingerprint density at radius 3 is 1.71 bits per heavy atom. The molecule has 210 valence electrons. The third kappa shape index (κ3) is 18.9. The molecule has 0 bridgehead atoms. The van der Waals surface area contributed by atoms with Crippen LogP contribution < -0.4 is 0 Å². The lowest BCUT2D eigenvalue weighted by Crippen LogP contribution is -2.37. The van der Waals surface area contributed by atoms with Gasteiger partial charge in [0.1, 0.15) is 13.2 Å². The number of nitrogens with zero attached hydrogens (tertiary/aromatic N) is 1. The molecule has 0 saturated carbocycles. The van der Waals surface area contributed by atoms with Gasteiger partial charge in [-0.1, -0.05) is 110 Å². The van der Waals surface area contributed by atoms with E-state index < -0.39 is 7.82 Å². The van der Waals surface area contributed by atoms with Crippen LogP contribution in [-0.2, 0) is 18.3 Å². The summed E-state index contributed by atoms with van der Waals surface area (Å²) in [6, 6.07) is 0. The van der Waals surface area contributed by atoms with Gasteiger partial charge in [-0.15, -0.1) is 0 Å². The minimum absolute atomic E-state index is 0.141. The molecule has 0 aromatic carbocycles. The van der Waals surface area contributed by atoms with E-state index in [4.69, 9.17) is 13.8 Å². The third-order valence-corrected chi connectivity index (χ3v) is 8.26. The van der Waals surface area contributed by atoms with Gasteiger partial charge in [-0.25, -0.2) is 4.57 Å². The summed E-state index contributed by atoms with van der Waals surface area (Å²) in [5, 5.41) is 0. The molecule has 0 aliphatic carbocycles. The van der Waals surface area contributed by atoms with Gasteiger partial charge in [0.25, 0.3) is 0 Å². The van der Waals surface area contributed by atoms with E-state index in [1.54, 1.807) is 0 Å². The highest BCUT2D eigenvalue weighted by Crippen LogP contribution is 2.47. The maximum Gasteiger partial charge on any atom is 0.472 e. The van der Waals surface area contributed by atoms with E-state index in [0.717, 1.165) is 19.3 Å². The molecule has 2 unspecified atom stereocenters. The molecule has 1 aliphatic rings. The van der Waals surface area contributed by atoms with Crippen molar-refractivity contribution in [2.75, 3.05) is 54.1 Å². The minimum atomic E-state index is -4.02. The number of hydrogen-bond acceptors (Lipinski definition) is 4. The van der Waals surface area contributed by atoms with Crippen molar-refractivity contribution in [2.45, 2.75) is 122 Å². The van der Waals surface area contributed by atoms with Gasteiger partial charge in [-0.3, -0.25) is 9.05 Å². The number of quaternary nitrogens is 1. The van der Waals surface area contributed by atoms with Crippen molar-refractivity contribution >= 4 is 7.82 Å². The molecule has 35 heavy (non-hydrogen) atoms. The molecule has 1 saturated heterocycles. The molecule has 7 heteroatoms. The van der Waals surface area contributed by atoms with Gasteiger partial charge >= 0.3 is 7.82 Å². The summed E-state index contributed by atoms with van der Waals surface area (Å²) in [7, 11) is 2.05. The molecule has 1 heterocycles. The second kappa shape index (κ2) is 19.2. The highest BCUT2D eigenvalue weighted by atomic mass is 31.2. The first-order valence-corrected chi connectivity index (χ1v) is 16.2. The number of ether oxygens (including phenoxy) is 1. The van der Waals surface area contributed by atoms with Gasteiger partial charge in [0.2, 0.25) is 0 Å². The van der Waals surface area contributed by atoms with Gasteiger partial charge in [0.15, 0.2) is 0 Å². The average molecular weight is 521 g/mol. The smallest absolute Gasteiger partial charge is 0.381 e. The maximum absolute atomic E-state index is 12.3. The van der Waals surface area contributed by atoms with Crippen molar-refractivity contribution < 1.29 is 27.7 Å². The fraction of sp³-hybridized carbons (Fsp3) is 1.00. The average Bonchev–Trinajstić information content (AvgIpc) is 3.26. The predicted molar refractivity (Wildman–Crippen MR) is 147 cm³/mol. The van der Waals surface area contributed by atoms with E-state index >= 15 is 0 Å². The largest absolute Gasteiger partial charge is 0.472 e. The molecule has 0 radical (unpaired) electrons. The number of phosphoric acid groups is 1. The Morgan fingerprint density at radius 1 is 0.800 bits per heavy atom. The molecule has 0 amide bonds. The van der Waals surface area contributed by atoms with E-state index in [1.807, 2.05) is 21.1 Å². The molecular formula is C28H59NO5P+. The Bertz CT molecular complexity index is 546. The zero-order valence-corrected chi connectivity index (χ0v) is 24.6. The number of phosphoric ester groups is 1. The van der Waals surface area contributed by atoms with E-state index in [1.165, 1.54) is 96.3 Å². The lowest BCUT2D eigenvalue weighted by Gasteiger charge is -2.28. The zero-order valence-electron chi connectivity index (χ0n) is 23.7. The summed E-state index contributed by atoms with van der Waals surface area (Å²) in [5.74, 6) is 0. The first-order chi connectivity index (χ1) is 16.7. The van der Waals surface area contributed by atoms with E-state index in [-0.39, 0.29) is 18.6 Å². The molecule has 0 aromatic rings. The van der Waals surface area contributed by atoms with Crippen molar-refractivity contribution in [1.29, 1.82) is 0 Å². The van der Waals surface area contributed by atoms with Crippen LogP contribution in [0.15, 0.2) is 0 Å². The molecule has 2 atom stereocenters. The zero-order chi connectivity index (χ0) is 25.9. The summed E-state index contributed by atoms with van der Waals surface area (Å²) < 4.78 is 29.2. The fourth-order valence-corrected chi connectivity index (χ4v) is 5.59. The van der Waals surface area contributed by atoms with Crippen LogP contribution in [0.5, 0.6) is 0 Å². The molecule has 1 N–H and O–H groups in total. The van der Waals surface area contributed by atoms with Crippen molar-refractivity contribution in [3.8, 4) is 0 Å². The fourth-order valence-electron chi connectivity index (χ4n) is 4.77. The van der Waals surface area contributed by atoms with Crippen LogP contribution >= 0.6 is 7.82 Å². The van der Waals surface area contributed by atoms with Crippen LogP contribution in [0.1, 0.15) is 122 Å². The Balaban J connectivity index is 2.03. The molecule has 1 fully saturated rings. The van der Waals surface area contributed by atoms with Gasteiger partial charge in [-0.2, -0.15) is 0 Å². The van der Waals surface area contributed by atoms with Crippen molar-refractivity contribution in [3.63, 3.8) is 0 Å². The summed E-state index contributed by atoms with van der Waals surface area (Å²) in [6.45, 7) is 4.71. The number of unbranched alkanes of at least 4 members (excludes halogenated alkanes) is 15. The third-order valence-electron chi connectivity index (χ3n) is 7.30. The van der Waals surface area contributed by atoms with Crippen LogP contribution in [0.2, 0.25) is 0 Å². The lowest BCUT2D eigenvalue weighted by atomic mass is 9.83. The quantitative estimate of drug-likeness (QED) is 0.0796. The van der Waals surface area contributed by atoms with Crippen LogP contribution in [0.4, 0.5) is 0 Å². The molecule has 0 aromatic heterocycles. The standard InChI is InChI=1S/C28H58NO5P/c1-5-6-7-8-9-10-11-12-13-14-15-16-17-18-19-20-21-28(22-24-32-26-28)27-34-35(30,31)33-25-23-29(2,3)4/h5-27H2,1-4H3/p+1. The Hall–Kier alpha value is 0.0300. The molecule has 6 nitrogen and oxygen atoms in total. The maximum atomic E-state index is 12.3. The predicted octanol–water partition coefficient (Wildman–Crippen LogP) is 7.88. The van der Waals surface area contributed by atoms with E-state index in [2.05, 4.69) is 6.92 Å². The van der Waals surface area contributed by atoms with Gasteiger partial charge < -0.3 is 14.1 Å². The lowest BCUT2D eigenvalue weighted by molar-refractivity contribution is -0.870. The highest BCUT2D eigenvalue weighted by Gasteiger charge is 2.37. The van der Waals surface area contributed by atoms with Gasteiger partial charge in [0, 0.05) is 12.0 Å². The van der Waals surface area contributed by atoms with Crippen LogP contribution in [0, 0.1) is 5.41 Å². The van der Waals surface area contributed by atoms with Crippen LogP contribution in [-0.4, -0.2) is 63.5 Å². The first-order valence-electron chi connectivity index (χ1n) is 14.7. The molecule has 1 rings (SSSR count). The second-order valence-electron chi connectivity index (χ2n) is 11.9. The first kappa shape index (κ1) is 33.1. The van der Waals surface area contributed by atoms with Crippen molar-refractivity contribution in [1.82, 2.24) is 0 Å². The Labute approximate surface area is 217 Å². The summed E-state index contributed by atoms with van der Waals surface area (Å²) in [5.41, 5.74) is -0.141. The SMILES string of the molecule is CCCCCCCCCCCCCCCCCCC1(COP(=O)(O)OCC[N+](C)(C)C)CCOC1. The summed E-state index contributed by atoms with van der Waals surface area (Å²) in [4.78, 5) is 10.1. The van der Waals surface area contributed by atoms with Crippen LogP contribution in [0.3, 0.4) is 0 Å². The summed E-state index contributed by atoms with van der Waals surface area (Å²) >= 11 is 0. The van der Waals surface area contributed by atoms with Crippen LogP contribution in [0.25, 0.3) is 0 Å². The topological polar surface area (TPSA) is 65.0 Å². The number of rotatable bonds is 24. The Morgan fingerprint density at radius 2 is 1.29 bits per heavy atom. The molecular weight excluding hydrogens is 461 g/mol. The molecule has 1 aliphatic heterocycles. The van der Waals surface area contributed by atoms with Gasteiger partial charge in [0.05, 0.1) is 34.4 Å². The van der Waals surface area contributed by atoms with Gasteiger partial charge in [-0.05, 0) is 12.8 Å². The highest BCUT2D eigenvalue weighted by molar-refractivity contribution is 7.47. The Kier molecular flexibility index (Phi) is 18.1. The normalized spacial score (nSPS) is 20.4. The monoisotopic (exact) mass is 520 g/mol. The van der Waals surface area contributed by atoms with E-state index in [0.29, 0.717) is 24.2 Å². The van der Waals surface area contributed by atoms with Crippen molar-refractivity contribution in [3.05, 3.63) is 0 Å². The molecule has 0 spiro atoms. The minimum Gasteiger partial charge on any atom is -0.381 e.